The smallest absolute Gasteiger partial charge is 0.121 e. The van der Waals surface area contributed by atoms with E-state index < -0.39 is 6.10 Å². The van der Waals surface area contributed by atoms with Crippen molar-refractivity contribution in [3.05, 3.63) is 23.8 Å². The first-order valence-corrected chi connectivity index (χ1v) is 5.89. The van der Waals surface area contributed by atoms with Gasteiger partial charge in [-0.3, -0.25) is 0 Å². The SMILES string of the molecule is CC(C)c1ccc(NCC(O)CCl)cc1O. The molecule has 16 heavy (non-hydrogen) atoms. The van der Waals surface area contributed by atoms with Gasteiger partial charge in [0.2, 0.25) is 0 Å². The van der Waals surface area contributed by atoms with Gasteiger partial charge in [0.15, 0.2) is 0 Å². The van der Waals surface area contributed by atoms with Crippen LogP contribution in [0, 0.1) is 0 Å². The Balaban J connectivity index is 2.66. The van der Waals surface area contributed by atoms with Gasteiger partial charge in [-0.05, 0) is 17.5 Å². The van der Waals surface area contributed by atoms with Crippen LogP contribution in [0.15, 0.2) is 18.2 Å². The lowest BCUT2D eigenvalue weighted by Gasteiger charge is -2.13. The number of halogens is 1. The maximum absolute atomic E-state index is 9.76. The number of phenols is 1. The number of benzene rings is 1. The number of rotatable bonds is 5. The van der Waals surface area contributed by atoms with Gasteiger partial charge >= 0.3 is 0 Å². The zero-order valence-corrected chi connectivity index (χ0v) is 10.3. The van der Waals surface area contributed by atoms with Gasteiger partial charge in [0.1, 0.15) is 5.75 Å². The van der Waals surface area contributed by atoms with Gasteiger partial charge in [0.25, 0.3) is 0 Å². The van der Waals surface area contributed by atoms with Crippen molar-refractivity contribution < 1.29 is 10.2 Å². The number of phenolic OH excluding ortho intramolecular Hbond substituents is 1. The molecule has 1 aromatic rings. The zero-order valence-electron chi connectivity index (χ0n) is 9.57. The Morgan fingerprint density at radius 3 is 2.56 bits per heavy atom. The molecular weight excluding hydrogens is 226 g/mol. The van der Waals surface area contributed by atoms with E-state index in [0.29, 0.717) is 12.5 Å². The molecule has 0 saturated heterocycles. The molecule has 3 N–H and O–H groups in total. The second kappa shape index (κ2) is 5.97. The number of aromatic hydroxyl groups is 1. The largest absolute Gasteiger partial charge is 0.508 e. The summed E-state index contributed by atoms with van der Waals surface area (Å²) in [6.45, 7) is 4.43. The quantitative estimate of drug-likeness (QED) is 0.697. The molecule has 90 valence electrons. The van der Waals surface area contributed by atoms with Crippen LogP contribution in [0.2, 0.25) is 0 Å². The Hall–Kier alpha value is -0.930. The molecule has 3 nitrogen and oxygen atoms in total. The number of anilines is 1. The number of hydrogen-bond acceptors (Lipinski definition) is 3. The van der Waals surface area contributed by atoms with Crippen LogP contribution in [0.5, 0.6) is 5.75 Å². The first-order valence-electron chi connectivity index (χ1n) is 5.35. The Bertz CT molecular complexity index is 342. The fourth-order valence-electron chi connectivity index (χ4n) is 1.43. The predicted octanol–water partition coefficient (Wildman–Crippen LogP) is 2.53. The third-order valence-corrected chi connectivity index (χ3v) is 2.73. The highest BCUT2D eigenvalue weighted by atomic mass is 35.5. The van der Waals surface area contributed by atoms with Crippen molar-refractivity contribution in [2.75, 3.05) is 17.7 Å². The summed E-state index contributed by atoms with van der Waals surface area (Å²) in [5.74, 6) is 0.770. The van der Waals surface area contributed by atoms with Gasteiger partial charge in [-0.2, -0.15) is 0 Å². The van der Waals surface area contributed by atoms with Gasteiger partial charge in [0.05, 0.1) is 12.0 Å². The van der Waals surface area contributed by atoms with E-state index in [4.69, 9.17) is 11.6 Å². The molecule has 1 atom stereocenters. The van der Waals surface area contributed by atoms with Crippen molar-refractivity contribution in [2.24, 2.45) is 0 Å². The second-order valence-electron chi connectivity index (χ2n) is 4.12. The van der Waals surface area contributed by atoms with Crippen LogP contribution in [0.3, 0.4) is 0 Å². The zero-order chi connectivity index (χ0) is 12.1. The first kappa shape index (κ1) is 13.1. The van der Waals surface area contributed by atoms with Crippen molar-refractivity contribution in [3.63, 3.8) is 0 Å². The van der Waals surface area contributed by atoms with Crippen LogP contribution in [0.4, 0.5) is 5.69 Å². The fourth-order valence-corrected chi connectivity index (χ4v) is 1.54. The number of nitrogens with one attached hydrogen (secondary N) is 1. The second-order valence-corrected chi connectivity index (χ2v) is 4.43. The highest BCUT2D eigenvalue weighted by Gasteiger charge is 2.07. The highest BCUT2D eigenvalue weighted by Crippen LogP contribution is 2.28. The maximum Gasteiger partial charge on any atom is 0.121 e. The van der Waals surface area contributed by atoms with E-state index >= 15 is 0 Å². The molecule has 0 fully saturated rings. The summed E-state index contributed by atoms with van der Waals surface area (Å²) in [6.07, 6.45) is -0.575. The van der Waals surface area contributed by atoms with Crippen LogP contribution in [0.25, 0.3) is 0 Å². The van der Waals surface area contributed by atoms with E-state index in [-0.39, 0.29) is 11.6 Å². The summed E-state index contributed by atoms with van der Waals surface area (Å²) in [6, 6.07) is 5.43. The topological polar surface area (TPSA) is 52.5 Å². The van der Waals surface area contributed by atoms with Gasteiger partial charge in [-0.25, -0.2) is 0 Å². The van der Waals surface area contributed by atoms with Gasteiger partial charge in [-0.15, -0.1) is 11.6 Å². The molecule has 0 aromatic heterocycles. The Kier molecular flexibility index (Phi) is 4.90. The summed E-state index contributed by atoms with van der Waals surface area (Å²) >= 11 is 5.48. The van der Waals surface area contributed by atoms with Crippen LogP contribution in [-0.2, 0) is 0 Å². The molecule has 4 heteroatoms. The third kappa shape index (κ3) is 3.58. The average molecular weight is 244 g/mol. The number of hydrogen-bond donors (Lipinski definition) is 3. The minimum absolute atomic E-state index is 0.197. The Morgan fingerprint density at radius 1 is 1.38 bits per heavy atom. The lowest BCUT2D eigenvalue weighted by Crippen LogP contribution is -2.20. The van der Waals surface area contributed by atoms with Crippen molar-refractivity contribution in [1.29, 1.82) is 0 Å². The van der Waals surface area contributed by atoms with Gasteiger partial charge < -0.3 is 15.5 Å². The summed E-state index contributed by atoms with van der Waals surface area (Å²) in [5, 5.41) is 22.0. The van der Waals surface area contributed by atoms with E-state index in [1.165, 1.54) is 0 Å². The van der Waals surface area contributed by atoms with Crippen LogP contribution >= 0.6 is 11.6 Å². The van der Waals surface area contributed by atoms with E-state index in [1.807, 2.05) is 26.0 Å². The molecule has 0 amide bonds. The Labute approximate surface area is 101 Å². The number of aliphatic hydroxyl groups excluding tert-OH is 1. The van der Waals surface area contributed by atoms with Crippen LogP contribution in [0.1, 0.15) is 25.3 Å². The number of alkyl halides is 1. The first-order chi connectivity index (χ1) is 7.54. The molecule has 0 spiro atoms. The highest BCUT2D eigenvalue weighted by molar-refractivity contribution is 6.18. The molecule has 1 rings (SSSR count). The minimum Gasteiger partial charge on any atom is -0.508 e. The third-order valence-electron chi connectivity index (χ3n) is 2.37. The van der Waals surface area contributed by atoms with Crippen molar-refractivity contribution in [2.45, 2.75) is 25.9 Å². The van der Waals surface area contributed by atoms with Gasteiger partial charge in [-0.1, -0.05) is 19.9 Å². The lowest BCUT2D eigenvalue weighted by molar-refractivity contribution is 0.211. The fraction of sp³-hybridized carbons (Fsp3) is 0.500. The molecule has 0 radical (unpaired) electrons. The van der Waals surface area contributed by atoms with Crippen molar-refractivity contribution in [3.8, 4) is 5.75 Å². The predicted molar refractivity (Wildman–Crippen MR) is 67.4 cm³/mol. The molecule has 0 heterocycles. The Morgan fingerprint density at radius 2 is 2.06 bits per heavy atom. The van der Waals surface area contributed by atoms with Crippen LogP contribution < -0.4 is 5.32 Å². The summed E-state index contributed by atoms with van der Waals surface area (Å²) < 4.78 is 0. The number of aliphatic hydroxyl groups is 1. The van der Waals surface area contributed by atoms with E-state index in [1.54, 1.807) is 6.07 Å². The minimum atomic E-state index is -0.575. The van der Waals surface area contributed by atoms with Gasteiger partial charge in [0, 0.05) is 18.3 Å². The molecule has 0 bridgehead atoms. The molecular formula is C12H18ClNO2. The van der Waals surface area contributed by atoms with Crippen molar-refractivity contribution >= 4 is 17.3 Å². The van der Waals surface area contributed by atoms with E-state index in [0.717, 1.165) is 11.3 Å². The standard InChI is InChI=1S/C12H18ClNO2/c1-8(2)11-4-3-9(5-12(11)16)14-7-10(15)6-13/h3-5,8,10,14-16H,6-7H2,1-2H3. The average Bonchev–Trinajstić information content (AvgIpc) is 2.25. The van der Waals surface area contributed by atoms with E-state index in [2.05, 4.69) is 5.32 Å². The molecule has 1 unspecified atom stereocenters. The molecule has 0 aliphatic rings. The maximum atomic E-state index is 9.76. The molecule has 1 aromatic carbocycles. The molecule has 0 saturated carbocycles. The lowest BCUT2D eigenvalue weighted by atomic mass is 10.0. The van der Waals surface area contributed by atoms with Crippen LogP contribution in [-0.4, -0.2) is 28.7 Å². The monoisotopic (exact) mass is 243 g/mol. The summed E-state index contributed by atoms with van der Waals surface area (Å²) in [5.41, 5.74) is 1.70. The molecule has 0 aliphatic carbocycles. The summed E-state index contributed by atoms with van der Waals surface area (Å²) in [7, 11) is 0. The van der Waals surface area contributed by atoms with E-state index in [9.17, 15) is 10.2 Å². The normalized spacial score (nSPS) is 12.8. The van der Waals surface area contributed by atoms with Crippen molar-refractivity contribution in [1.82, 2.24) is 0 Å². The molecule has 0 aliphatic heterocycles. The summed E-state index contributed by atoms with van der Waals surface area (Å²) in [4.78, 5) is 0.